The molecule has 0 heterocycles. The van der Waals surface area contributed by atoms with Gasteiger partial charge in [-0.1, -0.05) is 26.0 Å². The molecule has 5 heteroatoms. The summed E-state index contributed by atoms with van der Waals surface area (Å²) in [5, 5.41) is 0. The first-order valence-corrected chi connectivity index (χ1v) is 6.85. The molecular formula is C9H18ClNO2S. The lowest BCUT2D eigenvalue weighted by Crippen LogP contribution is -2.27. The molecule has 0 aromatic carbocycles. The van der Waals surface area contributed by atoms with Crippen LogP contribution in [0.3, 0.4) is 0 Å². The summed E-state index contributed by atoms with van der Waals surface area (Å²) in [5.74, 6) is 1.01. The van der Waals surface area contributed by atoms with Crippen molar-refractivity contribution < 1.29 is 8.42 Å². The Morgan fingerprint density at radius 3 is 2.50 bits per heavy atom. The third kappa shape index (κ3) is 8.53. The Balaban J connectivity index is 3.79. The lowest BCUT2D eigenvalue weighted by atomic mass is 10.2. The molecule has 0 aliphatic heterocycles. The van der Waals surface area contributed by atoms with Crippen LogP contribution in [0, 0.1) is 5.92 Å². The van der Waals surface area contributed by atoms with Crippen LogP contribution in [-0.2, 0) is 10.0 Å². The maximum atomic E-state index is 11.3. The molecule has 1 N–H and O–H groups in total. The molecule has 0 bridgehead atoms. The van der Waals surface area contributed by atoms with Crippen molar-refractivity contribution in [2.24, 2.45) is 5.92 Å². The Morgan fingerprint density at radius 2 is 2.00 bits per heavy atom. The van der Waals surface area contributed by atoms with Gasteiger partial charge >= 0.3 is 0 Å². The minimum absolute atomic E-state index is 0.194. The van der Waals surface area contributed by atoms with Gasteiger partial charge in [0.05, 0.1) is 5.75 Å². The molecule has 0 rings (SSSR count). The predicted molar refractivity (Wildman–Crippen MR) is 61.1 cm³/mol. The van der Waals surface area contributed by atoms with Gasteiger partial charge in [0.2, 0.25) is 10.0 Å². The van der Waals surface area contributed by atoms with Crippen molar-refractivity contribution in [2.45, 2.75) is 20.3 Å². The van der Waals surface area contributed by atoms with E-state index in [9.17, 15) is 8.42 Å². The number of rotatable bonds is 7. The largest absolute Gasteiger partial charge is 0.212 e. The monoisotopic (exact) mass is 239 g/mol. The highest BCUT2D eigenvalue weighted by molar-refractivity contribution is 7.89. The molecular weight excluding hydrogens is 222 g/mol. The van der Waals surface area contributed by atoms with Gasteiger partial charge in [-0.05, 0) is 12.3 Å². The Bertz CT molecular complexity index is 260. The molecule has 0 spiro atoms. The van der Waals surface area contributed by atoms with Crippen LogP contribution >= 0.6 is 11.6 Å². The van der Waals surface area contributed by atoms with Crippen molar-refractivity contribution in [1.82, 2.24) is 4.72 Å². The molecule has 0 saturated heterocycles. The third-order valence-corrected chi connectivity index (χ3v) is 3.20. The van der Waals surface area contributed by atoms with Gasteiger partial charge in [0.15, 0.2) is 0 Å². The first-order chi connectivity index (χ1) is 6.48. The second kappa shape index (κ2) is 7.26. The maximum absolute atomic E-state index is 11.3. The molecule has 0 aliphatic rings. The zero-order valence-corrected chi connectivity index (χ0v) is 10.2. The molecule has 0 unspecified atom stereocenters. The number of allylic oxidation sites excluding steroid dienone is 1. The standard InChI is InChI=1S/C9H18ClNO2S/c1-9(2)5-8-14(12,13)11-7-4-3-6-10/h3-4,9,11H,5-8H2,1-2H3/b4-3+. The number of halogens is 1. The van der Waals surface area contributed by atoms with Crippen molar-refractivity contribution in [3.8, 4) is 0 Å². The number of nitrogens with one attached hydrogen (secondary N) is 1. The van der Waals surface area contributed by atoms with Crippen LogP contribution < -0.4 is 4.72 Å². The smallest absolute Gasteiger partial charge is 0.211 e. The van der Waals surface area contributed by atoms with Gasteiger partial charge in [-0.2, -0.15) is 0 Å². The van der Waals surface area contributed by atoms with E-state index in [1.54, 1.807) is 12.2 Å². The molecule has 0 atom stereocenters. The van der Waals surface area contributed by atoms with Gasteiger partial charge in [0.1, 0.15) is 0 Å². The summed E-state index contributed by atoms with van der Waals surface area (Å²) >= 11 is 5.39. The topological polar surface area (TPSA) is 46.2 Å². The van der Waals surface area contributed by atoms with E-state index in [0.717, 1.165) is 0 Å². The van der Waals surface area contributed by atoms with Gasteiger partial charge in [-0.25, -0.2) is 13.1 Å². The van der Waals surface area contributed by atoms with Gasteiger partial charge in [0.25, 0.3) is 0 Å². The average Bonchev–Trinajstić information content (AvgIpc) is 2.10. The number of alkyl halides is 1. The van der Waals surface area contributed by atoms with Gasteiger partial charge in [-0.15, -0.1) is 11.6 Å². The Hall–Kier alpha value is -0.0600. The maximum Gasteiger partial charge on any atom is 0.211 e. The molecule has 0 amide bonds. The fraction of sp³-hybridized carbons (Fsp3) is 0.778. The summed E-state index contributed by atoms with van der Waals surface area (Å²) in [6, 6.07) is 0. The van der Waals surface area contributed by atoms with E-state index in [1.807, 2.05) is 13.8 Å². The van der Waals surface area contributed by atoms with Crippen molar-refractivity contribution >= 4 is 21.6 Å². The van der Waals surface area contributed by atoms with E-state index >= 15 is 0 Å². The number of sulfonamides is 1. The van der Waals surface area contributed by atoms with E-state index in [0.29, 0.717) is 24.8 Å². The second-order valence-electron chi connectivity index (χ2n) is 3.48. The lowest BCUT2D eigenvalue weighted by Gasteiger charge is -2.06. The van der Waals surface area contributed by atoms with Crippen LogP contribution in [0.4, 0.5) is 0 Å². The zero-order chi connectivity index (χ0) is 11.0. The molecule has 84 valence electrons. The second-order valence-corrected chi connectivity index (χ2v) is 5.71. The summed E-state index contributed by atoms with van der Waals surface area (Å²) in [7, 11) is -3.10. The Kier molecular flexibility index (Phi) is 7.23. The fourth-order valence-corrected chi connectivity index (χ4v) is 2.19. The van der Waals surface area contributed by atoms with Crippen LogP contribution in [0.25, 0.3) is 0 Å². The molecule has 0 radical (unpaired) electrons. The van der Waals surface area contributed by atoms with Crippen molar-refractivity contribution in [1.29, 1.82) is 0 Å². The van der Waals surface area contributed by atoms with E-state index in [1.165, 1.54) is 0 Å². The Morgan fingerprint density at radius 1 is 1.36 bits per heavy atom. The van der Waals surface area contributed by atoms with E-state index < -0.39 is 10.0 Å². The first-order valence-electron chi connectivity index (χ1n) is 4.66. The van der Waals surface area contributed by atoms with Crippen LogP contribution in [-0.4, -0.2) is 26.6 Å². The molecule has 0 aromatic heterocycles. The summed E-state index contributed by atoms with van der Waals surface area (Å²) in [6.07, 6.45) is 4.11. The molecule has 0 fully saturated rings. The minimum atomic E-state index is -3.10. The molecule has 3 nitrogen and oxygen atoms in total. The van der Waals surface area contributed by atoms with E-state index in [4.69, 9.17) is 11.6 Å². The first kappa shape index (κ1) is 13.9. The van der Waals surface area contributed by atoms with Gasteiger partial charge in [-0.3, -0.25) is 0 Å². The highest BCUT2D eigenvalue weighted by Gasteiger charge is 2.08. The molecule has 0 saturated carbocycles. The third-order valence-electron chi connectivity index (χ3n) is 1.64. The highest BCUT2D eigenvalue weighted by Crippen LogP contribution is 2.01. The van der Waals surface area contributed by atoms with Crippen LogP contribution in [0.15, 0.2) is 12.2 Å². The number of hydrogen-bond donors (Lipinski definition) is 1. The average molecular weight is 240 g/mol. The SMILES string of the molecule is CC(C)CCS(=O)(=O)NC/C=C/CCl. The molecule has 14 heavy (non-hydrogen) atoms. The van der Waals surface area contributed by atoms with Crippen molar-refractivity contribution in [2.75, 3.05) is 18.2 Å². The van der Waals surface area contributed by atoms with Crippen LogP contribution in [0.5, 0.6) is 0 Å². The number of hydrogen-bond acceptors (Lipinski definition) is 2. The molecule has 0 aromatic rings. The van der Waals surface area contributed by atoms with Gasteiger partial charge in [0, 0.05) is 12.4 Å². The van der Waals surface area contributed by atoms with Gasteiger partial charge < -0.3 is 0 Å². The summed E-state index contributed by atoms with van der Waals surface area (Å²) in [4.78, 5) is 0. The molecule has 0 aliphatic carbocycles. The zero-order valence-electron chi connectivity index (χ0n) is 8.66. The van der Waals surface area contributed by atoms with Crippen LogP contribution in [0.1, 0.15) is 20.3 Å². The van der Waals surface area contributed by atoms with Crippen molar-refractivity contribution in [3.05, 3.63) is 12.2 Å². The predicted octanol–water partition coefficient (Wildman–Crippen LogP) is 1.75. The van der Waals surface area contributed by atoms with Crippen molar-refractivity contribution in [3.63, 3.8) is 0 Å². The van der Waals surface area contributed by atoms with Crippen LogP contribution in [0.2, 0.25) is 0 Å². The quantitative estimate of drug-likeness (QED) is 0.544. The van der Waals surface area contributed by atoms with E-state index in [2.05, 4.69) is 4.72 Å². The van der Waals surface area contributed by atoms with E-state index in [-0.39, 0.29) is 5.75 Å². The lowest BCUT2D eigenvalue weighted by molar-refractivity contribution is 0.565. The summed E-state index contributed by atoms with van der Waals surface area (Å²) in [6.45, 7) is 4.33. The normalized spacial score (nSPS) is 12.9. The summed E-state index contributed by atoms with van der Waals surface area (Å²) < 4.78 is 25.1. The Labute approximate surface area is 91.6 Å². The fourth-order valence-electron chi connectivity index (χ4n) is 0.784. The minimum Gasteiger partial charge on any atom is -0.212 e. The highest BCUT2D eigenvalue weighted by atomic mass is 35.5. The summed E-state index contributed by atoms with van der Waals surface area (Å²) in [5.41, 5.74) is 0.